The standard InChI is InChI=1S/C22H35BrClN3O2S/c1-25(2)30(28,29)27-14-9-18(10-15-27)4-3-11-26-12-7-19(8-13-26)16-20-17-21(24)5-6-22(20)23/h5-6,17-19H,3-4,7-16H2,1-2H3. The Bertz CT molecular complexity index is 790. The van der Waals surface area contributed by atoms with Gasteiger partial charge < -0.3 is 4.90 Å². The Morgan fingerprint density at radius 3 is 2.33 bits per heavy atom. The Labute approximate surface area is 196 Å². The van der Waals surface area contributed by atoms with Gasteiger partial charge >= 0.3 is 0 Å². The summed E-state index contributed by atoms with van der Waals surface area (Å²) in [6.07, 6.45) is 8.01. The average Bonchev–Trinajstić information content (AvgIpc) is 2.72. The number of likely N-dealkylation sites (tertiary alicyclic amines) is 1. The summed E-state index contributed by atoms with van der Waals surface area (Å²) in [6, 6.07) is 6.07. The molecule has 5 nitrogen and oxygen atoms in total. The largest absolute Gasteiger partial charge is 0.303 e. The highest BCUT2D eigenvalue weighted by atomic mass is 79.9. The third-order valence-corrected chi connectivity index (χ3v) is 9.62. The molecule has 0 atom stereocenters. The molecule has 2 aliphatic rings. The number of piperidine rings is 2. The van der Waals surface area contributed by atoms with Crippen LogP contribution in [0.25, 0.3) is 0 Å². The molecule has 0 bridgehead atoms. The monoisotopic (exact) mass is 519 g/mol. The number of rotatable bonds is 8. The minimum absolute atomic E-state index is 0.662. The summed E-state index contributed by atoms with van der Waals surface area (Å²) >= 11 is 9.81. The molecule has 1 aromatic carbocycles. The van der Waals surface area contributed by atoms with Gasteiger partial charge in [-0.3, -0.25) is 0 Å². The van der Waals surface area contributed by atoms with Gasteiger partial charge in [-0.25, -0.2) is 0 Å². The zero-order valence-corrected chi connectivity index (χ0v) is 21.4. The van der Waals surface area contributed by atoms with E-state index in [4.69, 9.17) is 11.6 Å². The summed E-state index contributed by atoms with van der Waals surface area (Å²) in [5.74, 6) is 1.40. The fraction of sp³-hybridized carbons (Fsp3) is 0.727. The third kappa shape index (κ3) is 6.66. The van der Waals surface area contributed by atoms with Crippen molar-refractivity contribution >= 4 is 37.7 Å². The maximum absolute atomic E-state index is 12.2. The van der Waals surface area contributed by atoms with Crippen LogP contribution in [-0.2, 0) is 16.6 Å². The van der Waals surface area contributed by atoms with Crippen molar-refractivity contribution in [3.8, 4) is 0 Å². The van der Waals surface area contributed by atoms with Gasteiger partial charge in [-0.1, -0.05) is 27.5 Å². The summed E-state index contributed by atoms with van der Waals surface area (Å²) in [4.78, 5) is 2.61. The summed E-state index contributed by atoms with van der Waals surface area (Å²) in [5.41, 5.74) is 1.32. The molecular formula is C22H35BrClN3O2S. The number of nitrogens with zero attached hydrogens (tertiary/aromatic N) is 3. The molecule has 3 rings (SSSR count). The van der Waals surface area contributed by atoms with Crippen molar-refractivity contribution in [3.05, 3.63) is 33.3 Å². The highest BCUT2D eigenvalue weighted by Crippen LogP contribution is 2.29. The molecule has 2 aliphatic heterocycles. The van der Waals surface area contributed by atoms with Gasteiger partial charge in [0, 0.05) is 36.7 Å². The number of hydrogen-bond acceptors (Lipinski definition) is 3. The zero-order chi connectivity index (χ0) is 21.7. The van der Waals surface area contributed by atoms with Crippen molar-refractivity contribution in [1.82, 2.24) is 13.5 Å². The predicted molar refractivity (Wildman–Crippen MR) is 128 cm³/mol. The molecule has 8 heteroatoms. The van der Waals surface area contributed by atoms with Gasteiger partial charge in [0.15, 0.2) is 0 Å². The van der Waals surface area contributed by atoms with E-state index in [0.717, 1.165) is 30.2 Å². The first kappa shape index (κ1) is 24.5. The molecule has 170 valence electrons. The van der Waals surface area contributed by atoms with Crippen molar-refractivity contribution < 1.29 is 8.42 Å². The topological polar surface area (TPSA) is 43.9 Å². The van der Waals surface area contributed by atoms with E-state index in [2.05, 4.69) is 26.9 Å². The van der Waals surface area contributed by atoms with E-state index in [1.807, 2.05) is 12.1 Å². The van der Waals surface area contributed by atoms with E-state index in [1.54, 1.807) is 18.4 Å². The molecule has 0 aliphatic carbocycles. The minimum Gasteiger partial charge on any atom is -0.303 e. The van der Waals surface area contributed by atoms with E-state index in [9.17, 15) is 8.42 Å². The van der Waals surface area contributed by atoms with Crippen LogP contribution >= 0.6 is 27.5 Å². The van der Waals surface area contributed by atoms with Crippen LogP contribution in [0.4, 0.5) is 0 Å². The van der Waals surface area contributed by atoms with Crippen molar-refractivity contribution in [2.75, 3.05) is 46.8 Å². The smallest absolute Gasteiger partial charge is 0.281 e. The Morgan fingerprint density at radius 1 is 1.07 bits per heavy atom. The lowest BCUT2D eigenvalue weighted by atomic mass is 9.89. The number of halogens is 2. The van der Waals surface area contributed by atoms with Gasteiger partial charge in [-0.05, 0) is 100 Å². The zero-order valence-electron chi connectivity index (χ0n) is 18.2. The van der Waals surface area contributed by atoms with Crippen LogP contribution in [-0.4, -0.2) is 68.7 Å². The molecule has 0 aromatic heterocycles. The highest BCUT2D eigenvalue weighted by Gasteiger charge is 2.29. The van der Waals surface area contributed by atoms with Gasteiger partial charge in [0.1, 0.15) is 0 Å². The molecule has 1 aromatic rings. The fourth-order valence-electron chi connectivity index (χ4n) is 4.69. The van der Waals surface area contributed by atoms with Gasteiger partial charge in [0.2, 0.25) is 0 Å². The molecular weight excluding hydrogens is 486 g/mol. The predicted octanol–water partition coefficient (Wildman–Crippen LogP) is 4.66. The second kappa shape index (κ2) is 11.1. The lowest BCUT2D eigenvalue weighted by molar-refractivity contribution is 0.173. The summed E-state index contributed by atoms with van der Waals surface area (Å²) in [5, 5.41) is 0.816. The molecule has 0 spiro atoms. The van der Waals surface area contributed by atoms with Crippen LogP contribution in [0.1, 0.15) is 44.1 Å². The first-order valence-corrected chi connectivity index (χ1v) is 13.7. The molecule has 0 radical (unpaired) electrons. The molecule has 2 heterocycles. The normalized spacial score (nSPS) is 20.8. The molecule has 30 heavy (non-hydrogen) atoms. The van der Waals surface area contributed by atoms with E-state index >= 15 is 0 Å². The first-order valence-electron chi connectivity index (χ1n) is 11.1. The first-order chi connectivity index (χ1) is 14.3. The third-order valence-electron chi connectivity index (χ3n) is 6.67. The van der Waals surface area contributed by atoms with E-state index in [1.165, 1.54) is 59.7 Å². The summed E-state index contributed by atoms with van der Waals surface area (Å²) in [7, 11) is -0.0269. The number of hydrogen-bond donors (Lipinski definition) is 0. The van der Waals surface area contributed by atoms with E-state index in [-0.39, 0.29) is 0 Å². The van der Waals surface area contributed by atoms with Gasteiger partial charge in [-0.15, -0.1) is 0 Å². The minimum atomic E-state index is -3.25. The highest BCUT2D eigenvalue weighted by molar-refractivity contribution is 9.10. The second-order valence-electron chi connectivity index (χ2n) is 9.00. The van der Waals surface area contributed by atoms with Gasteiger partial charge in [0.05, 0.1) is 0 Å². The van der Waals surface area contributed by atoms with Crippen molar-refractivity contribution in [1.29, 1.82) is 0 Å². The molecule has 0 N–H and O–H groups in total. The van der Waals surface area contributed by atoms with E-state index in [0.29, 0.717) is 19.0 Å². The Morgan fingerprint density at radius 2 is 1.70 bits per heavy atom. The lowest BCUT2D eigenvalue weighted by Crippen LogP contribution is -2.44. The lowest BCUT2D eigenvalue weighted by Gasteiger charge is -2.34. The second-order valence-corrected chi connectivity index (χ2v) is 12.4. The SMILES string of the molecule is CN(C)S(=O)(=O)N1CCC(CCCN2CCC(Cc3cc(Cl)ccc3Br)CC2)CC1. The van der Waals surface area contributed by atoms with Crippen LogP contribution in [0.2, 0.25) is 5.02 Å². The molecule has 0 amide bonds. The molecule has 2 saturated heterocycles. The molecule has 0 saturated carbocycles. The van der Waals surface area contributed by atoms with Crippen LogP contribution < -0.4 is 0 Å². The van der Waals surface area contributed by atoms with E-state index < -0.39 is 10.2 Å². The maximum atomic E-state index is 12.2. The Hall–Kier alpha value is -0.180. The average molecular weight is 521 g/mol. The fourth-order valence-corrected chi connectivity index (χ4v) is 6.43. The van der Waals surface area contributed by atoms with Crippen LogP contribution in [0, 0.1) is 11.8 Å². The van der Waals surface area contributed by atoms with Crippen LogP contribution in [0.5, 0.6) is 0 Å². The van der Waals surface area contributed by atoms with Gasteiger partial charge in [0.25, 0.3) is 10.2 Å². The van der Waals surface area contributed by atoms with Crippen molar-refractivity contribution in [2.24, 2.45) is 11.8 Å². The van der Waals surface area contributed by atoms with Gasteiger partial charge in [-0.2, -0.15) is 17.0 Å². The summed E-state index contributed by atoms with van der Waals surface area (Å²) < 4.78 is 28.6. The summed E-state index contributed by atoms with van der Waals surface area (Å²) in [6.45, 7) is 4.86. The Balaban J connectivity index is 1.33. The van der Waals surface area contributed by atoms with Crippen LogP contribution in [0.3, 0.4) is 0 Å². The quantitative estimate of drug-likeness (QED) is 0.501. The Kier molecular flexibility index (Phi) is 9.05. The van der Waals surface area contributed by atoms with Crippen molar-refractivity contribution in [3.63, 3.8) is 0 Å². The number of benzene rings is 1. The molecule has 0 unspecified atom stereocenters. The maximum Gasteiger partial charge on any atom is 0.281 e. The van der Waals surface area contributed by atoms with Crippen LogP contribution in [0.15, 0.2) is 22.7 Å². The molecule has 2 fully saturated rings. The van der Waals surface area contributed by atoms with Crippen molar-refractivity contribution in [2.45, 2.75) is 44.9 Å².